The van der Waals surface area contributed by atoms with Crippen molar-refractivity contribution < 1.29 is 59.7 Å². The van der Waals surface area contributed by atoms with E-state index < -0.39 is 15.6 Å². The van der Waals surface area contributed by atoms with Crippen molar-refractivity contribution in [2.75, 3.05) is 13.2 Å². The van der Waals surface area contributed by atoms with E-state index in [1.54, 1.807) is 12.2 Å². The number of hydrogen-bond acceptors (Lipinski definition) is 3. The molecule has 0 spiro atoms. The van der Waals surface area contributed by atoms with Gasteiger partial charge >= 0.3 is 15.6 Å². The molecule has 0 unspecified atom stereocenters. The van der Waals surface area contributed by atoms with Gasteiger partial charge in [-0.2, -0.15) is 0 Å². The molecule has 0 aliphatic rings. The minimum Gasteiger partial charge on any atom is -0.412 e. The monoisotopic (exact) mass is 376 g/mol. The van der Waals surface area contributed by atoms with Gasteiger partial charge in [0.1, 0.15) is 0 Å². The van der Waals surface area contributed by atoms with Gasteiger partial charge in [0.15, 0.2) is 0 Å². The zero-order valence-corrected chi connectivity index (χ0v) is 13.5. The van der Waals surface area contributed by atoms with Crippen LogP contribution in [0.3, 0.4) is 0 Å². The van der Waals surface area contributed by atoms with Crippen molar-refractivity contribution in [3.63, 3.8) is 0 Å². The van der Waals surface area contributed by atoms with Crippen LogP contribution in [-0.4, -0.2) is 59.0 Å². The smallest absolute Gasteiger partial charge is 0.412 e. The third-order valence-corrected chi connectivity index (χ3v) is 0.471. The molecule has 0 saturated heterocycles. The standard InChI is InChI=1S/C6H10O.C2H4.2H3O4P.3H2O/c1-3-5-7-6-4-2;1-2;2*1-5(2,3)4;;;/h3-4H,1-2,5-6H2;1-2H2;2*(H3,1,2,3,4);3*1H2. The van der Waals surface area contributed by atoms with Crippen LogP contribution in [0.2, 0.25) is 0 Å². The fourth-order valence-electron chi connectivity index (χ4n) is 0.235. The minimum atomic E-state index is -4.64. The molecule has 0 atom stereocenters. The lowest BCUT2D eigenvalue weighted by Gasteiger charge is -1.89. The maximum Gasteiger partial charge on any atom is 0.466 e. The molecule has 12 N–H and O–H groups in total. The van der Waals surface area contributed by atoms with Crippen LogP contribution < -0.4 is 0 Å². The summed E-state index contributed by atoms with van der Waals surface area (Å²) in [6, 6.07) is 0. The maximum absolute atomic E-state index is 8.88. The first-order valence-electron chi connectivity index (χ1n) is 4.28. The molecule has 14 heteroatoms. The van der Waals surface area contributed by atoms with Crippen molar-refractivity contribution in [3.05, 3.63) is 38.5 Å². The Kier molecular flexibility index (Phi) is 55.5. The molecule has 0 aromatic rings. The Morgan fingerprint density at radius 2 is 0.864 bits per heavy atom. The SMILES string of the molecule is C=C.C=CCOCC=C.O.O.O.O=P(O)(O)O.O=P(O)(O)O. The van der Waals surface area contributed by atoms with Gasteiger partial charge in [0, 0.05) is 0 Å². The van der Waals surface area contributed by atoms with E-state index in [0.29, 0.717) is 13.2 Å². The molecule has 0 bridgehead atoms. The highest BCUT2D eigenvalue weighted by Crippen LogP contribution is 2.26. The molecule has 0 aliphatic heterocycles. The molecular weight excluding hydrogens is 350 g/mol. The van der Waals surface area contributed by atoms with Crippen LogP contribution in [0, 0.1) is 0 Å². The van der Waals surface area contributed by atoms with Crippen LogP contribution in [0.25, 0.3) is 0 Å². The van der Waals surface area contributed by atoms with Crippen LogP contribution in [0.5, 0.6) is 0 Å². The summed E-state index contributed by atoms with van der Waals surface area (Å²) in [6.07, 6.45) is 3.42. The Hall–Kier alpha value is -0.720. The highest BCUT2D eigenvalue weighted by Gasteiger charge is 2.00. The van der Waals surface area contributed by atoms with Gasteiger partial charge in [0.05, 0.1) is 13.2 Å². The largest absolute Gasteiger partial charge is 0.466 e. The highest BCUT2D eigenvalue weighted by molar-refractivity contribution is 7.45. The molecule has 0 aromatic heterocycles. The Bertz CT molecular complexity index is 251. The molecule has 0 aromatic carbocycles. The first kappa shape index (κ1) is 42.9. The highest BCUT2D eigenvalue weighted by atomic mass is 31.2. The Balaban J connectivity index is -0.0000000276. The molecule has 140 valence electrons. The van der Waals surface area contributed by atoms with E-state index >= 15 is 0 Å². The number of hydrogen-bond donors (Lipinski definition) is 6. The second-order valence-electron chi connectivity index (χ2n) is 2.14. The Morgan fingerprint density at radius 1 is 0.727 bits per heavy atom. The molecule has 22 heavy (non-hydrogen) atoms. The van der Waals surface area contributed by atoms with E-state index in [-0.39, 0.29) is 16.4 Å². The quantitative estimate of drug-likeness (QED) is 0.177. The van der Waals surface area contributed by atoms with Crippen molar-refractivity contribution >= 4 is 15.6 Å². The van der Waals surface area contributed by atoms with Crippen molar-refractivity contribution in [1.29, 1.82) is 0 Å². The van der Waals surface area contributed by atoms with Crippen LogP contribution in [0.15, 0.2) is 38.5 Å². The summed E-state index contributed by atoms with van der Waals surface area (Å²) in [7, 11) is -9.28. The summed E-state index contributed by atoms with van der Waals surface area (Å²) in [6.45, 7) is 14.2. The van der Waals surface area contributed by atoms with Crippen LogP contribution in [-0.2, 0) is 13.9 Å². The second-order valence-corrected chi connectivity index (χ2v) is 4.19. The van der Waals surface area contributed by atoms with Gasteiger partial charge in [-0.15, -0.1) is 26.3 Å². The van der Waals surface area contributed by atoms with E-state index in [9.17, 15) is 0 Å². The molecule has 0 heterocycles. The van der Waals surface area contributed by atoms with E-state index in [1.165, 1.54) is 0 Å². The van der Waals surface area contributed by atoms with Gasteiger partial charge in [-0.25, -0.2) is 9.13 Å². The summed E-state index contributed by atoms with van der Waals surface area (Å²) in [5.41, 5.74) is 0. The van der Waals surface area contributed by atoms with E-state index in [4.69, 9.17) is 43.2 Å². The summed E-state index contributed by atoms with van der Waals surface area (Å²) < 4.78 is 22.7. The molecule has 0 radical (unpaired) electrons. The molecule has 0 fully saturated rings. The van der Waals surface area contributed by atoms with Gasteiger partial charge in [-0.3, -0.25) is 0 Å². The summed E-state index contributed by atoms with van der Waals surface area (Å²) >= 11 is 0. The van der Waals surface area contributed by atoms with Crippen molar-refractivity contribution in [1.82, 2.24) is 0 Å². The maximum atomic E-state index is 8.88. The zero-order valence-electron chi connectivity index (χ0n) is 11.7. The Labute approximate surface area is 128 Å². The molecule has 0 aliphatic carbocycles. The fraction of sp³-hybridized carbons (Fsp3) is 0.250. The molecule has 0 saturated carbocycles. The lowest BCUT2D eigenvalue weighted by atomic mass is 10.6. The number of rotatable bonds is 4. The summed E-state index contributed by atoms with van der Waals surface area (Å²) in [5.74, 6) is 0. The van der Waals surface area contributed by atoms with Crippen molar-refractivity contribution in [3.8, 4) is 0 Å². The topological polar surface area (TPSA) is 259 Å². The van der Waals surface area contributed by atoms with Crippen LogP contribution >= 0.6 is 15.6 Å². The molecule has 0 amide bonds. The predicted molar refractivity (Wildman–Crippen MR) is 81.8 cm³/mol. The summed E-state index contributed by atoms with van der Waals surface area (Å²) in [5, 5.41) is 0. The van der Waals surface area contributed by atoms with Crippen LogP contribution in [0.1, 0.15) is 0 Å². The first-order chi connectivity index (χ1) is 8.41. The van der Waals surface area contributed by atoms with E-state index in [1.807, 2.05) is 0 Å². The lowest BCUT2D eigenvalue weighted by molar-refractivity contribution is 0.194. The van der Waals surface area contributed by atoms with Crippen LogP contribution in [0.4, 0.5) is 0 Å². The predicted octanol–water partition coefficient (Wildman–Crippen LogP) is -2.15. The van der Waals surface area contributed by atoms with Gasteiger partial charge in [-0.1, -0.05) is 12.2 Å². The van der Waals surface area contributed by atoms with Gasteiger partial charge in [-0.05, 0) is 0 Å². The second kappa shape index (κ2) is 28.4. The normalized spacial score (nSPS) is 8.09. The average molecular weight is 376 g/mol. The van der Waals surface area contributed by atoms with Crippen molar-refractivity contribution in [2.24, 2.45) is 0 Å². The van der Waals surface area contributed by atoms with Gasteiger partial charge < -0.3 is 50.5 Å². The van der Waals surface area contributed by atoms with E-state index in [2.05, 4.69) is 26.3 Å². The Morgan fingerprint density at radius 3 is 0.955 bits per heavy atom. The van der Waals surface area contributed by atoms with Gasteiger partial charge in [0.25, 0.3) is 0 Å². The lowest BCUT2D eigenvalue weighted by Crippen LogP contribution is -1.87. The number of ether oxygens (including phenoxy) is 1. The molecule has 12 nitrogen and oxygen atoms in total. The summed E-state index contributed by atoms with van der Waals surface area (Å²) in [4.78, 5) is 43.1. The average Bonchev–Trinajstić information content (AvgIpc) is 2.17. The first-order valence-corrected chi connectivity index (χ1v) is 7.41. The third kappa shape index (κ3) is 599. The third-order valence-electron chi connectivity index (χ3n) is 0.471. The van der Waals surface area contributed by atoms with Gasteiger partial charge in [0.2, 0.25) is 0 Å². The number of phosphoric acid groups is 2. The zero-order chi connectivity index (χ0) is 16.5. The minimum absolute atomic E-state index is 0. The molecular formula is C8H26O12P2. The fourth-order valence-corrected chi connectivity index (χ4v) is 0.235. The molecule has 0 rings (SSSR count). The van der Waals surface area contributed by atoms with E-state index in [0.717, 1.165) is 0 Å². The van der Waals surface area contributed by atoms with Crippen molar-refractivity contribution in [2.45, 2.75) is 0 Å².